The molecule has 18 heavy (non-hydrogen) atoms. The van der Waals surface area contributed by atoms with E-state index in [1.54, 1.807) is 0 Å². The fraction of sp³-hybridized carbons (Fsp3) is 0.273. The van der Waals surface area contributed by atoms with Crippen LogP contribution in [0.4, 0.5) is 10.1 Å². The van der Waals surface area contributed by atoms with Gasteiger partial charge in [0.25, 0.3) is 0 Å². The van der Waals surface area contributed by atoms with Crippen LogP contribution in [-0.2, 0) is 4.79 Å². The van der Waals surface area contributed by atoms with Crippen molar-refractivity contribution >= 4 is 33.5 Å². The normalized spacial score (nSPS) is 19.4. The van der Waals surface area contributed by atoms with Crippen molar-refractivity contribution < 1.29 is 19.1 Å². The highest BCUT2D eigenvalue weighted by Crippen LogP contribution is 2.34. The summed E-state index contributed by atoms with van der Waals surface area (Å²) < 4.78 is 13.4. The Hall–Kier alpha value is -1.47. The Bertz CT molecular complexity index is 535. The van der Waals surface area contributed by atoms with Gasteiger partial charge in [0.1, 0.15) is 5.82 Å². The molecule has 1 heterocycles. The van der Waals surface area contributed by atoms with Gasteiger partial charge < -0.3 is 15.7 Å². The van der Waals surface area contributed by atoms with Gasteiger partial charge in [-0.25, -0.2) is 9.18 Å². The fourth-order valence-corrected chi connectivity index (χ4v) is 2.60. The van der Waals surface area contributed by atoms with Gasteiger partial charge in [0, 0.05) is 23.5 Å². The van der Waals surface area contributed by atoms with Crippen LogP contribution >= 0.6 is 15.9 Å². The number of carboxylic acids is 1. The minimum atomic E-state index is -1.29. The van der Waals surface area contributed by atoms with Crippen molar-refractivity contribution in [2.45, 2.75) is 12.5 Å². The van der Waals surface area contributed by atoms with Crippen molar-refractivity contribution in [1.29, 1.82) is 0 Å². The lowest BCUT2D eigenvalue weighted by atomic mass is 10.1. The highest BCUT2D eigenvalue weighted by atomic mass is 79.9. The van der Waals surface area contributed by atoms with Gasteiger partial charge in [-0.1, -0.05) is 0 Å². The van der Waals surface area contributed by atoms with Crippen molar-refractivity contribution in [3.05, 3.63) is 28.0 Å². The van der Waals surface area contributed by atoms with Gasteiger partial charge in [-0.3, -0.25) is 4.79 Å². The Morgan fingerprint density at radius 3 is 2.72 bits per heavy atom. The third kappa shape index (κ3) is 2.23. The first kappa shape index (κ1) is 13.0. The number of hydrogen-bond donors (Lipinski definition) is 2. The van der Waals surface area contributed by atoms with Crippen molar-refractivity contribution in [2.24, 2.45) is 5.73 Å². The SMILES string of the molecule is NC1CC(=O)N(c2c(Br)cc(F)cc2C(=O)O)C1. The van der Waals surface area contributed by atoms with Crippen molar-refractivity contribution in [1.82, 2.24) is 0 Å². The van der Waals surface area contributed by atoms with Crippen LogP contribution in [0, 0.1) is 5.82 Å². The van der Waals surface area contributed by atoms with Crippen LogP contribution in [0.3, 0.4) is 0 Å². The maximum atomic E-state index is 13.2. The summed E-state index contributed by atoms with van der Waals surface area (Å²) in [6.07, 6.45) is 0.156. The number of rotatable bonds is 2. The number of anilines is 1. The smallest absolute Gasteiger partial charge is 0.337 e. The molecule has 0 saturated carbocycles. The van der Waals surface area contributed by atoms with E-state index < -0.39 is 11.8 Å². The predicted octanol–water partition coefficient (Wildman–Crippen LogP) is 1.35. The van der Waals surface area contributed by atoms with E-state index in [9.17, 15) is 14.0 Å². The number of carbonyl (C=O) groups excluding carboxylic acids is 1. The van der Waals surface area contributed by atoms with Gasteiger partial charge in [0.15, 0.2) is 0 Å². The first-order valence-corrected chi connectivity index (χ1v) is 5.97. The third-order valence-electron chi connectivity index (χ3n) is 2.68. The molecule has 0 aliphatic carbocycles. The standard InChI is InChI=1S/C11H10BrFN2O3/c12-8-2-5(13)1-7(11(17)18)10(8)15-4-6(14)3-9(15)16/h1-2,6H,3-4,14H2,(H,17,18). The molecule has 1 atom stereocenters. The average molecular weight is 317 g/mol. The number of aromatic carboxylic acids is 1. The molecule has 1 amide bonds. The van der Waals surface area contributed by atoms with Gasteiger partial charge in [0.05, 0.1) is 11.3 Å². The van der Waals surface area contributed by atoms with E-state index in [4.69, 9.17) is 10.8 Å². The van der Waals surface area contributed by atoms with Crippen molar-refractivity contribution in [3.8, 4) is 0 Å². The molecule has 96 valence electrons. The van der Waals surface area contributed by atoms with Crippen LogP contribution in [0.5, 0.6) is 0 Å². The minimum Gasteiger partial charge on any atom is -0.478 e. The number of nitrogens with two attached hydrogens (primary N) is 1. The molecule has 0 radical (unpaired) electrons. The maximum Gasteiger partial charge on any atom is 0.337 e. The summed E-state index contributed by atoms with van der Waals surface area (Å²) in [5, 5.41) is 9.07. The molecule has 7 heteroatoms. The van der Waals surface area contributed by atoms with Gasteiger partial charge in [0.2, 0.25) is 5.91 Å². The van der Waals surface area contributed by atoms with E-state index in [2.05, 4.69) is 15.9 Å². The molecular formula is C11H10BrFN2O3. The Labute approximate surface area is 111 Å². The number of hydrogen-bond acceptors (Lipinski definition) is 3. The molecule has 1 saturated heterocycles. The number of carboxylic acid groups (broad SMARTS) is 1. The van der Waals surface area contributed by atoms with Gasteiger partial charge in [-0.05, 0) is 28.1 Å². The Morgan fingerprint density at radius 1 is 1.56 bits per heavy atom. The number of nitrogens with zero attached hydrogens (tertiary/aromatic N) is 1. The van der Waals surface area contributed by atoms with Crippen LogP contribution in [0.2, 0.25) is 0 Å². The number of carbonyl (C=O) groups is 2. The van der Waals surface area contributed by atoms with Crippen LogP contribution in [0.1, 0.15) is 16.8 Å². The molecule has 3 N–H and O–H groups in total. The van der Waals surface area contributed by atoms with Gasteiger partial charge >= 0.3 is 5.97 Å². The molecule has 5 nitrogen and oxygen atoms in total. The average Bonchev–Trinajstić information content (AvgIpc) is 2.56. The summed E-state index contributed by atoms with van der Waals surface area (Å²) in [7, 11) is 0. The Morgan fingerprint density at radius 2 is 2.22 bits per heavy atom. The van der Waals surface area contributed by atoms with Crippen LogP contribution in [-0.4, -0.2) is 29.6 Å². The lowest BCUT2D eigenvalue weighted by molar-refractivity contribution is -0.117. The Kier molecular flexibility index (Phi) is 3.36. The summed E-state index contributed by atoms with van der Waals surface area (Å²) in [5.74, 6) is -2.24. The Balaban J connectivity index is 2.56. The molecule has 1 fully saturated rings. The lowest BCUT2D eigenvalue weighted by Crippen LogP contribution is -2.29. The van der Waals surface area contributed by atoms with Gasteiger partial charge in [-0.15, -0.1) is 0 Å². The minimum absolute atomic E-state index is 0.154. The van der Waals surface area contributed by atoms with Crippen molar-refractivity contribution in [2.75, 3.05) is 11.4 Å². The maximum absolute atomic E-state index is 13.2. The first-order chi connectivity index (χ1) is 8.40. The van der Waals surface area contributed by atoms with E-state index in [0.29, 0.717) is 0 Å². The summed E-state index contributed by atoms with van der Waals surface area (Å²) >= 11 is 3.09. The second-order valence-electron chi connectivity index (χ2n) is 4.06. The van der Waals surface area contributed by atoms with Gasteiger partial charge in [-0.2, -0.15) is 0 Å². The predicted molar refractivity (Wildman–Crippen MR) is 66.0 cm³/mol. The van der Waals surface area contributed by atoms with E-state index in [1.807, 2.05) is 0 Å². The number of halogens is 2. The molecule has 1 aliphatic heterocycles. The molecule has 0 spiro atoms. The van der Waals surface area contributed by atoms with E-state index in [0.717, 1.165) is 12.1 Å². The molecule has 1 aliphatic rings. The van der Waals surface area contributed by atoms with E-state index >= 15 is 0 Å². The number of benzene rings is 1. The molecule has 1 aromatic rings. The summed E-state index contributed by atoms with van der Waals surface area (Å²) in [4.78, 5) is 24.1. The molecule has 1 aromatic carbocycles. The third-order valence-corrected chi connectivity index (χ3v) is 3.29. The first-order valence-electron chi connectivity index (χ1n) is 5.18. The highest BCUT2D eigenvalue weighted by Gasteiger charge is 2.32. The zero-order valence-corrected chi connectivity index (χ0v) is 10.8. The highest BCUT2D eigenvalue weighted by molar-refractivity contribution is 9.10. The summed E-state index contributed by atoms with van der Waals surface area (Å²) in [5.41, 5.74) is 5.55. The van der Waals surface area contributed by atoms with Crippen molar-refractivity contribution in [3.63, 3.8) is 0 Å². The summed E-state index contributed by atoms with van der Waals surface area (Å²) in [6, 6.07) is 1.68. The van der Waals surface area contributed by atoms with Crippen LogP contribution in [0.15, 0.2) is 16.6 Å². The zero-order chi connectivity index (χ0) is 13.4. The van der Waals surface area contributed by atoms with E-state index in [-0.39, 0.29) is 40.6 Å². The molecule has 2 rings (SSSR count). The van der Waals surface area contributed by atoms with E-state index in [1.165, 1.54) is 4.90 Å². The second-order valence-corrected chi connectivity index (χ2v) is 4.91. The fourth-order valence-electron chi connectivity index (χ4n) is 1.95. The quantitative estimate of drug-likeness (QED) is 0.862. The molecule has 0 aromatic heterocycles. The number of amides is 1. The summed E-state index contributed by atoms with van der Waals surface area (Å²) in [6.45, 7) is 0.226. The lowest BCUT2D eigenvalue weighted by Gasteiger charge is -2.20. The molecule has 1 unspecified atom stereocenters. The zero-order valence-electron chi connectivity index (χ0n) is 9.19. The largest absolute Gasteiger partial charge is 0.478 e. The second kappa shape index (κ2) is 4.66. The van der Waals surface area contributed by atoms with Crippen LogP contribution in [0.25, 0.3) is 0 Å². The molecule has 0 bridgehead atoms. The van der Waals surface area contributed by atoms with Crippen LogP contribution < -0.4 is 10.6 Å². The monoisotopic (exact) mass is 316 g/mol. The molecular weight excluding hydrogens is 307 g/mol. The topological polar surface area (TPSA) is 83.6 Å².